The predicted molar refractivity (Wildman–Crippen MR) is 101 cm³/mol. The number of nitrogens with zero attached hydrogens (tertiary/aromatic N) is 1. The van der Waals surface area contributed by atoms with Crippen molar-refractivity contribution in [2.45, 2.75) is 46.0 Å². The van der Waals surface area contributed by atoms with Crippen LogP contribution in [0.5, 0.6) is 11.5 Å². The molecule has 3 rings (SSSR count). The Balaban J connectivity index is 1.64. The molecule has 1 atom stereocenters. The summed E-state index contributed by atoms with van der Waals surface area (Å²) in [4.78, 5) is 25.9. The van der Waals surface area contributed by atoms with E-state index in [1.54, 1.807) is 18.2 Å². The number of unbranched alkanes of at least 4 members (excludes halogenated alkanes) is 1. The zero-order valence-corrected chi connectivity index (χ0v) is 16.2. The Morgan fingerprint density at radius 2 is 1.93 bits per heavy atom. The van der Waals surface area contributed by atoms with Gasteiger partial charge in [-0.05, 0) is 56.2 Å². The molecule has 1 aromatic rings. The molecule has 1 aromatic carbocycles. The second-order valence-corrected chi connectivity index (χ2v) is 7.55. The van der Waals surface area contributed by atoms with Crippen molar-refractivity contribution < 1.29 is 24.2 Å². The van der Waals surface area contributed by atoms with Crippen LogP contribution in [-0.4, -0.2) is 48.2 Å². The summed E-state index contributed by atoms with van der Waals surface area (Å²) in [6.45, 7) is 6.37. The highest BCUT2D eigenvalue weighted by molar-refractivity contribution is 5.95. The van der Waals surface area contributed by atoms with Crippen molar-refractivity contribution in [3.05, 3.63) is 23.8 Å². The summed E-state index contributed by atoms with van der Waals surface area (Å²) in [6.07, 6.45) is 4.32. The van der Waals surface area contributed by atoms with E-state index in [1.165, 1.54) is 0 Å². The van der Waals surface area contributed by atoms with E-state index < -0.39 is 5.97 Å². The van der Waals surface area contributed by atoms with E-state index in [1.807, 2.05) is 11.8 Å². The van der Waals surface area contributed by atoms with Crippen LogP contribution in [0.1, 0.15) is 56.3 Å². The van der Waals surface area contributed by atoms with E-state index in [4.69, 9.17) is 9.47 Å². The number of amides is 1. The van der Waals surface area contributed by atoms with Crippen LogP contribution >= 0.6 is 0 Å². The van der Waals surface area contributed by atoms with Crippen LogP contribution in [0.25, 0.3) is 0 Å². The predicted octanol–water partition coefficient (Wildman–Crippen LogP) is 3.59. The van der Waals surface area contributed by atoms with Crippen LogP contribution in [0.2, 0.25) is 0 Å². The Bertz CT molecular complexity index is 694. The fourth-order valence-corrected chi connectivity index (χ4v) is 3.94. The number of ether oxygens (including phenoxy) is 2. The van der Waals surface area contributed by atoms with E-state index in [9.17, 15) is 14.7 Å². The maximum Gasteiger partial charge on any atom is 0.307 e. The molecule has 1 aliphatic heterocycles. The van der Waals surface area contributed by atoms with Crippen molar-refractivity contribution in [2.24, 2.45) is 11.3 Å². The van der Waals surface area contributed by atoms with Gasteiger partial charge in [0.25, 0.3) is 5.91 Å². The van der Waals surface area contributed by atoms with E-state index in [0.29, 0.717) is 43.4 Å². The van der Waals surface area contributed by atoms with Gasteiger partial charge in [0.15, 0.2) is 11.5 Å². The number of carboxylic acids is 1. The van der Waals surface area contributed by atoms with Gasteiger partial charge in [0, 0.05) is 18.7 Å². The van der Waals surface area contributed by atoms with Crippen LogP contribution in [0, 0.1) is 11.3 Å². The first-order valence-corrected chi connectivity index (χ1v) is 9.92. The van der Waals surface area contributed by atoms with E-state index in [-0.39, 0.29) is 17.2 Å². The highest BCUT2D eigenvalue weighted by Gasteiger charge is 2.59. The zero-order chi connectivity index (χ0) is 19.4. The molecule has 1 spiro atoms. The van der Waals surface area contributed by atoms with Crippen molar-refractivity contribution in [1.29, 1.82) is 0 Å². The first kappa shape index (κ1) is 19.5. The number of rotatable bonds is 8. The summed E-state index contributed by atoms with van der Waals surface area (Å²) in [5.74, 6) is 0.315. The molecule has 2 aliphatic rings. The minimum absolute atomic E-state index is 0.0292. The van der Waals surface area contributed by atoms with Gasteiger partial charge in [0.05, 0.1) is 19.1 Å². The molecule has 0 aromatic heterocycles. The molecule has 1 unspecified atom stereocenters. The zero-order valence-electron chi connectivity index (χ0n) is 16.2. The molecule has 1 N–H and O–H groups in total. The van der Waals surface area contributed by atoms with Gasteiger partial charge in [-0.25, -0.2) is 0 Å². The van der Waals surface area contributed by atoms with Crippen molar-refractivity contribution >= 4 is 11.9 Å². The van der Waals surface area contributed by atoms with Crippen LogP contribution in [-0.2, 0) is 4.79 Å². The summed E-state index contributed by atoms with van der Waals surface area (Å²) in [5.41, 5.74) is 0.513. The third-order valence-electron chi connectivity index (χ3n) is 5.78. The summed E-state index contributed by atoms with van der Waals surface area (Å²) < 4.78 is 11.4. The van der Waals surface area contributed by atoms with Gasteiger partial charge < -0.3 is 19.5 Å². The average molecular weight is 375 g/mol. The summed E-state index contributed by atoms with van der Waals surface area (Å²) >= 11 is 0. The number of benzene rings is 1. The summed E-state index contributed by atoms with van der Waals surface area (Å²) in [7, 11) is 0. The number of piperidine rings is 1. The quantitative estimate of drug-likeness (QED) is 0.703. The normalized spacial score (nSPS) is 20.4. The number of hydrogen-bond donors (Lipinski definition) is 1. The Morgan fingerprint density at radius 3 is 2.52 bits per heavy atom. The van der Waals surface area contributed by atoms with Gasteiger partial charge in [-0.1, -0.05) is 13.3 Å². The maximum atomic E-state index is 12.9. The minimum atomic E-state index is -0.699. The lowest BCUT2D eigenvalue weighted by molar-refractivity contribution is -0.139. The second-order valence-electron chi connectivity index (χ2n) is 7.55. The number of carboxylic acid groups (broad SMARTS) is 1. The van der Waals surface area contributed by atoms with Crippen molar-refractivity contribution in [3.63, 3.8) is 0 Å². The van der Waals surface area contributed by atoms with Gasteiger partial charge >= 0.3 is 5.97 Å². The number of carbonyl (C=O) groups excluding carboxylic acids is 1. The lowest BCUT2D eigenvalue weighted by Gasteiger charge is -2.32. The van der Waals surface area contributed by atoms with E-state index in [2.05, 4.69) is 6.92 Å². The van der Waals surface area contributed by atoms with Crippen LogP contribution in [0.4, 0.5) is 0 Å². The summed E-state index contributed by atoms with van der Waals surface area (Å²) in [5, 5.41) is 9.20. The fourth-order valence-electron chi connectivity index (χ4n) is 3.94. The molecular weight excluding hydrogens is 346 g/mol. The molecule has 148 valence electrons. The molecule has 2 fully saturated rings. The van der Waals surface area contributed by atoms with Gasteiger partial charge in [0.1, 0.15) is 0 Å². The van der Waals surface area contributed by atoms with E-state index in [0.717, 1.165) is 32.1 Å². The number of likely N-dealkylation sites (tertiary alicyclic amines) is 1. The molecule has 1 heterocycles. The maximum absolute atomic E-state index is 12.9. The molecule has 1 amide bonds. The second kappa shape index (κ2) is 8.19. The standard InChI is InChI=1S/C21H29NO5/c1-3-5-12-27-17-7-6-15(13-18(17)26-4-2)19(23)22-10-8-21(9-11-22)14-16(21)20(24)25/h6-7,13,16H,3-5,8-12,14H2,1-2H3,(H,24,25). The van der Waals surface area contributed by atoms with Gasteiger partial charge in [-0.2, -0.15) is 0 Å². The average Bonchev–Trinajstić information content (AvgIpc) is 3.37. The highest BCUT2D eigenvalue weighted by Crippen LogP contribution is 2.59. The number of hydrogen-bond acceptors (Lipinski definition) is 4. The third kappa shape index (κ3) is 4.20. The Morgan fingerprint density at radius 1 is 1.19 bits per heavy atom. The largest absolute Gasteiger partial charge is 0.490 e. The Hall–Kier alpha value is -2.24. The molecule has 1 aliphatic carbocycles. The monoisotopic (exact) mass is 375 g/mol. The van der Waals surface area contributed by atoms with Crippen molar-refractivity contribution in [2.75, 3.05) is 26.3 Å². The molecule has 6 nitrogen and oxygen atoms in total. The number of aliphatic carboxylic acids is 1. The van der Waals surface area contributed by atoms with Crippen molar-refractivity contribution in [3.8, 4) is 11.5 Å². The first-order valence-electron chi connectivity index (χ1n) is 9.92. The third-order valence-corrected chi connectivity index (χ3v) is 5.78. The van der Waals surface area contributed by atoms with E-state index >= 15 is 0 Å². The van der Waals surface area contributed by atoms with Crippen LogP contribution < -0.4 is 9.47 Å². The van der Waals surface area contributed by atoms with Crippen LogP contribution in [0.3, 0.4) is 0 Å². The van der Waals surface area contributed by atoms with Gasteiger partial charge in [0.2, 0.25) is 0 Å². The Labute approximate surface area is 160 Å². The van der Waals surface area contributed by atoms with Crippen LogP contribution in [0.15, 0.2) is 18.2 Å². The SMILES string of the molecule is CCCCOc1ccc(C(=O)N2CCC3(CC2)CC3C(=O)O)cc1OCC. The first-order chi connectivity index (χ1) is 13.0. The summed E-state index contributed by atoms with van der Waals surface area (Å²) in [6, 6.07) is 5.35. The fraction of sp³-hybridized carbons (Fsp3) is 0.619. The molecule has 1 saturated heterocycles. The molecule has 1 saturated carbocycles. The Kier molecular flexibility index (Phi) is 5.92. The molecular formula is C21H29NO5. The lowest BCUT2D eigenvalue weighted by atomic mass is 9.90. The molecule has 0 bridgehead atoms. The smallest absolute Gasteiger partial charge is 0.307 e. The molecule has 0 radical (unpaired) electrons. The van der Waals surface area contributed by atoms with Crippen molar-refractivity contribution in [1.82, 2.24) is 4.90 Å². The lowest BCUT2D eigenvalue weighted by Crippen LogP contribution is -2.40. The number of carbonyl (C=O) groups is 2. The van der Waals surface area contributed by atoms with Gasteiger partial charge in [-0.3, -0.25) is 9.59 Å². The molecule has 27 heavy (non-hydrogen) atoms. The topological polar surface area (TPSA) is 76.1 Å². The van der Waals surface area contributed by atoms with Gasteiger partial charge in [-0.15, -0.1) is 0 Å². The highest BCUT2D eigenvalue weighted by atomic mass is 16.5. The molecule has 6 heteroatoms. The minimum Gasteiger partial charge on any atom is -0.490 e.